The first-order chi connectivity index (χ1) is 15.5. The van der Waals surface area contributed by atoms with Gasteiger partial charge in [0, 0.05) is 22.3 Å². The zero-order valence-electron chi connectivity index (χ0n) is 17.4. The Hall–Kier alpha value is -3.45. The van der Waals surface area contributed by atoms with E-state index in [1.54, 1.807) is 11.0 Å². The van der Waals surface area contributed by atoms with E-state index in [1.165, 1.54) is 0 Å². The summed E-state index contributed by atoms with van der Waals surface area (Å²) in [4.78, 5) is 40.2. The number of rotatable bonds is 5. The summed E-state index contributed by atoms with van der Waals surface area (Å²) in [5.74, 6) is -1.92. The van der Waals surface area contributed by atoms with Crippen LogP contribution in [0.1, 0.15) is 35.7 Å². The fourth-order valence-electron chi connectivity index (χ4n) is 3.92. The highest BCUT2D eigenvalue weighted by atomic mass is 79.9. The largest absolute Gasteiger partial charge is 0.337 e. The van der Waals surface area contributed by atoms with Crippen LogP contribution in [0.15, 0.2) is 83.3 Å². The Kier molecular flexibility index (Phi) is 6.37. The molecule has 0 unspecified atom stereocenters. The number of anilines is 1. The molecule has 0 radical (unpaired) electrons. The minimum Gasteiger partial charge on any atom is -0.337 e. The second-order valence-electron chi connectivity index (χ2n) is 7.42. The summed E-state index contributed by atoms with van der Waals surface area (Å²) in [6, 6.07) is 22.9. The molecule has 3 aromatic carbocycles. The fraction of sp³-hybridized carbons (Fsp3) is 0.160. The van der Waals surface area contributed by atoms with Crippen LogP contribution < -0.4 is 15.5 Å². The number of hydrogen-bond donors (Lipinski definition) is 2. The molecule has 0 saturated heterocycles. The summed E-state index contributed by atoms with van der Waals surface area (Å²) in [5, 5.41) is 5.43. The monoisotopic (exact) mass is 491 g/mol. The molecule has 32 heavy (non-hydrogen) atoms. The predicted molar refractivity (Wildman–Crippen MR) is 126 cm³/mol. The Labute approximate surface area is 194 Å². The van der Waals surface area contributed by atoms with Gasteiger partial charge in [-0.2, -0.15) is 0 Å². The van der Waals surface area contributed by atoms with Crippen LogP contribution in [0.25, 0.3) is 0 Å². The number of halogens is 1. The van der Waals surface area contributed by atoms with Gasteiger partial charge in [-0.15, -0.1) is 0 Å². The molecule has 3 amide bonds. The quantitative estimate of drug-likeness (QED) is 0.531. The zero-order chi connectivity index (χ0) is 22.7. The molecule has 1 heterocycles. The average molecular weight is 492 g/mol. The smallest absolute Gasteiger partial charge is 0.310 e. The van der Waals surface area contributed by atoms with Gasteiger partial charge in [0.1, 0.15) is 6.04 Å². The number of nitrogens with zero attached hydrogens (tertiary/aromatic N) is 1. The number of nitrogens with one attached hydrogen (secondary N) is 2. The van der Waals surface area contributed by atoms with E-state index in [4.69, 9.17) is 0 Å². The van der Waals surface area contributed by atoms with Crippen molar-refractivity contribution in [2.45, 2.75) is 19.0 Å². The molecule has 4 rings (SSSR count). The minimum absolute atomic E-state index is 0.260. The maximum Gasteiger partial charge on any atom is 0.310 e. The van der Waals surface area contributed by atoms with E-state index in [1.807, 2.05) is 79.7 Å². The Bertz CT molecular complexity index is 1110. The van der Waals surface area contributed by atoms with E-state index in [0.29, 0.717) is 12.1 Å². The summed E-state index contributed by atoms with van der Waals surface area (Å²) in [6.45, 7) is 2.33. The SMILES string of the molecule is CCN1C(=O)[C@@H](NC(=O)C(=O)NC(c2ccccc2)c2ccccc2)c2cc(Br)ccc21. The molecular formula is C25H22BrN3O3. The van der Waals surface area contributed by atoms with E-state index in [2.05, 4.69) is 26.6 Å². The van der Waals surface area contributed by atoms with E-state index >= 15 is 0 Å². The standard InChI is InChI=1S/C25H22BrN3O3/c1-2-29-20-14-13-18(26)15-19(20)22(25(29)32)28-24(31)23(30)27-21(16-9-5-3-6-10-16)17-11-7-4-8-12-17/h3-15,21-22H,2H2,1H3,(H,27,30)(H,28,31)/t22-/m0/s1. The number of benzene rings is 3. The van der Waals surface area contributed by atoms with Gasteiger partial charge in [0.05, 0.1) is 6.04 Å². The highest BCUT2D eigenvalue weighted by Gasteiger charge is 2.38. The Morgan fingerprint density at radius 2 is 1.53 bits per heavy atom. The average Bonchev–Trinajstić information content (AvgIpc) is 3.08. The van der Waals surface area contributed by atoms with Crippen molar-refractivity contribution in [3.8, 4) is 0 Å². The van der Waals surface area contributed by atoms with Crippen molar-refractivity contribution in [2.75, 3.05) is 11.4 Å². The van der Waals surface area contributed by atoms with Gasteiger partial charge in [0.15, 0.2) is 0 Å². The van der Waals surface area contributed by atoms with Gasteiger partial charge >= 0.3 is 11.8 Å². The van der Waals surface area contributed by atoms with Crippen LogP contribution >= 0.6 is 15.9 Å². The third-order valence-electron chi connectivity index (χ3n) is 5.44. The van der Waals surface area contributed by atoms with Crippen molar-refractivity contribution in [3.05, 3.63) is 100 Å². The molecule has 162 valence electrons. The molecule has 0 fully saturated rings. The number of likely N-dealkylation sites (N-methyl/N-ethyl adjacent to an activating group) is 1. The van der Waals surface area contributed by atoms with Crippen molar-refractivity contribution < 1.29 is 14.4 Å². The van der Waals surface area contributed by atoms with Gasteiger partial charge in [-0.3, -0.25) is 14.4 Å². The Morgan fingerprint density at radius 3 is 2.09 bits per heavy atom. The minimum atomic E-state index is -0.910. The van der Waals surface area contributed by atoms with Gasteiger partial charge in [-0.05, 0) is 36.2 Å². The van der Waals surface area contributed by atoms with Gasteiger partial charge in [-0.25, -0.2) is 0 Å². The van der Waals surface area contributed by atoms with E-state index in [0.717, 1.165) is 21.3 Å². The van der Waals surface area contributed by atoms with Gasteiger partial charge in [0.25, 0.3) is 5.91 Å². The maximum absolute atomic E-state index is 12.9. The second-order valence-corrected chi connectivity index (χ2v) is 8.34. The first kappa shape index (κ1) is 21.8. The molecule has 0 aromatic heterocycles. The summed E-state index contributed by atoms with van der Waals surface area (Å²) >= 11 is 3.41. The molecule has 3 aromatic rings. The molecule has 0 spiro atoms. The molecule has 7 heteroatoms. The van der Waals surface area contributed by atoms with Gasteiger partial charge in [0.2, 0.25) is 0 Å². The van der Waals surface area contributed by atoms with Crippen molar-refractivity contribution in [1.82, 2.24) is 10.6 Å². The van der Waals surface area contributed by atoms with E-state index in [-0.39, 0.29) is 5.91 Å². The van der Waals surface area contributed by atoms with Crippen molar-refractivity contribution in [3.63, 3.8) is 0 Å². The predicted octanol–water partition coefficient (Wildman–Crippen LogP) is 3.88. The van der Waals surface area contributed by atoms with Crippen molar-refractivity contribution >= 4 is 39.3 Å². The van der Waals surface area contributed by atoms with Crippen LogP contribution in [0.3, 0.4) is 0 Å². The molecular weight excluding hydrogens is 470 g/mol. The molecule has 6 nitrogen and oxygen atoms in total. The Balaban J connectivity index is 1.55. The zero-order valence-corrected chi connectivity index (χ0v) is 19.0. The lowest BCUT2D eigenvalue weighted by Gasteiger charge is -2.20. The summed E-state index contributed by atoms with van der Waals surface area (Å²) < 4.78 is 0.791. The first-order valence-electron chi connectivity index (χ1n) is 10.3. The molecule has 1 aliphatic heterocycles. The molecule has 0 bridgehead atoms. The van der Waals surface area contributed by atoms with E-state index < -0.39 is 23.9 Å². The number of hydrogen-bond acceptors (Lipinski definition) is 3. The van der Waals surface area contributed by atoms with Gasteiger partial charge in [-0.1, -0.05) is 76.6 Å². The van der Waals surface area contributed by atoms with Crippen LogP contribution in [-0.2, 0) is 14.4 Å². The molecule has 2 N–H and O–H groups in total. The summed E-state index contributed by atoms with van der Waals surface area (Å²) in [6.07, 6.45) is 0. The van der Waals surface area contributed by atoms with Crippen LogP contribution in [0.5, 0.6) is 0 Å². The second kappa shape index (κ2) is 9.36. The number of carbonyl (C=O) groups excluding carboxylic acids is 3. The highest BCUT2D eigenvalue weighted by Crippen LogP contribution is 2.37. The topological polar surface area (TPSA) is 78.5 Å². The van der Waals surface area contributed by atoms with Crippen LogP contribution in [0.2, 0.25) is 0 Å². The number of carbonyl (C=O) groups is 3. The third-order valence-corrected chi connectivity index (χ3v) is 5.94. The first-order valence-corrected chi connectivity index (χ1v) is 11.1. The van der Waals surface area contributed by atoms with Crippen molar-refractivity contribution in [1.29, 1.82) is 0 Å². The Morgan fingerprint density at radius 1 is 0.938 bits per heavy atom. The van der Waals surface area contributed by atoms with Crippen LogP contribution in [0.4, 0.5) is 5.69 Å². The van der Waals surface area contributed by atoms with Crippen molar-refractivity contribution in [2.24, 2.45) is 0 Å². The summed E-state index contributed by atoms with van der Waals surface area (Å²) in [7, 11) is 0. The van der Waals surface area contributed by atoms with Crippen LogP contribution in [0, 0.1) is 0 Å². The number of amides is 3. The maximum atomic E-state index is 12.9. The lowest BCUT2D eigenvalue weighted by Crippen LogP contribution is -2.45. The van der Waals surface area contributed by atoms with E-state index in [9.17, 15) is 14.4 Å². The highest BCUT2D eigenvalue weighted by molar-refractivity contribution is 9.10. The molecule has 1 atom stereocenters. The molecule has 0 saturated carbocycles. The molecule has 0 aliphatic carbocycles. The fourth-order valence-corrected chi connectivity index (χ4v) is 4.30. The lowest BCUT2D eigenvalue weighted by atomic mass is 9.98. The summed E-state index contributed by atoms with van der Waals surface area (Å²) in [5.41, 5.74) is 3.10. The third kappa shape index (κ3) is 4.29. The van der Waals surface area contributed by atoms with Crippen LogP contribution in [-0.4, -0.2) is 24.3 Å². The lowest BCUT2D eigenvalue weighted by molar-refractivity contribution is -0.140. The molecule has 1 aliphatic rings. The normalized spacial score (nSPS) is 14.9. The number of fused-ring (bicyclic) bond motifs is 1. The van der Waals surface area contributed by atoms with Gasteiger partial charge < -0.3 is 15.5 Å².